The van der Waals surface area contributed by atoms with Gasteiger partial charge in [0.25, 0.3) is 5.91 Å². The van der Waals surface area contributed by atoms with E-state index in [1.807, 2.05) is 121 Å². The number of phenolic OH excluding ortho intramolecular Hbond substituents is 1. The molecule has 3 aromatic heterocycles. The molecule has 0 aliphatic carbocycles. The average Bonchev–Trinajstić information content (AvgIpc) is 3.25. The van der Waals surface area contributed by atoms with Gasteiger partial charge in [0.05, 0.1) is 41.4 Å². The summed E-state index contributed by atoms with van der Waals surface area (Å²) in [6, 6.07) is 46.3. The molecular formula is C67H77ClN11NaO9. The zero-order valence-corrected chi connectivity index (χ0v) is 54.3. The van der Waals surface area contributed by atoms with Gasteiger partial charge >= 0.3 is 35.7 Å². The summed E-state index contributed by atoms with van der Waals surface area (Å²) in [6.07, 6.45) is 8.62. The third-order valence-corrected chi connectivity index (χ3v) is 13.7. The van der Waals surface area contributed by atoms with Gasteiger partial charge < -0.3 is 60.4 Å². The Morgan fingerprint density at radius 1 is 0.607 bits per heavy atom. The molecule has 2 amide bonds. The first-order valence-electron chi connectivity index (χ1n) is 28.7. The number of aryl methyl sites for hydroxylation is 3. The number of anilines is 2. The summed E-state index contributed by atoms with van der Waals surface area (Å²) < 4.78 is 22.8. The number of aliphatic hydroxyl groups excluding tert-OH is 1. The molecule has 4 saturated heterocycles. The van der Waals surface area contributed by atoms with Crippen molar-refractivity contribution in [3.63, 3.8) is 0 Å². The molecule has 4 aromatic carbocycles. The van der Waals surface area contributed by atoms with E-state index in [0.717, 1.165) is 86.9 Å². The Kier molecular flexibility index (Phi) is 30.6. The summed E-state index contributed by atoms with van der Waals surface area (Å²) in [5.41, 5.74) is 10.3. The number of nitriles is 3. The standard InChI is InChI=1S/C17H19N3O2.C17H17N3O.C11H12N2O.C9H17NO3.C7H5NO.C6H6ClN.Na.H2O/c1-12-6-7-16(19-10-12)20-9-8-13(11-20)22-15-5-3-2-4-14(15)17(18)21;1-13-6-7-17(19-11-13)20-9-8-15(12-20)21-16-5-3-2-4-14(16)10-18;12-7-9-3-1-2-4-11(9)14-10-5-6-13-8-10;1-9(2,3)13-8(12)10-5-4-7(11)6-10;8-5-6-3-1-2-4-7(6)9;1-5-2-3-6(7)8-4-5;;/h2-7,10,13H,8-9,11H2,1H3,(H2,18,21);2-7,11,15H,8-9,12H2,1H3;1-4,10,13H,5-6,8H2;7,11H,4-6H2,1-3H3;1-4,9H;2-4H,1H3;;1H2/q;;;;;;+1;/p-1/t13-;15-;10-;7-;;;;/m1110..../s1. The summed E-state index contributed by atoms with van der Waals surface area (Å²) in [7, 11) is 0. The predicted molar refractivity (Wildman–Crippen MR) is 337 cm³/mol. The molecule has 20 nitrogen and oxygen atoms in total. The van der Waals surface area contributed by atoms with Crippen LogP contribution in [0.4, 0.5) is 16.4 Å². The van der Waals surface area contributed by atoms with E-state index in [2.05, 4.69) is 54.3 Å². The number of aromatic nitrogens is 3. The number of nitrogens with zero attached hydrogens (tertiary/aromatic N) is 9. The van der Waals surface area contributed by atoms with Crippen LogP contribution in [0.25, 0.3) is 0 Å². The van der Waals surface area contributed by atoms with Gasteiger partial charge in [-0.1, -0.05) is 78.3 Å². The van der Waals surface area contributed by atoms with Gasteiger partial charge in [-0.25, -0.2) is 19.7 Å². The summed E-state index contributed by atoms with van der Waals surface area (Å²) in [5, 5.41) is 48.1. The number of carbonyl (C=O) groups excluding carboxylic acids is 2. The number of hydrogen-bond donors (Lipinski definition) is 4. The normalized spacial score (nSPS) is 16.8. The Morgan fingerprint density at radius 3 is 1.47 bits per heavy atom. The molecule has 11 rings (SSSR count). The van der Waals surface area contributed by atoms with E-state index in [1.54, 1.807) is 60.8 Å². The number of likely N-dealkylation sites (tertiary alicyclic amines) is 1. The summed E-state index contributed by atoms with van der Waals surface area (Å²) in [4.78, 5) is 41.5. The maximum absolute atomic E-state index is 11.4. The fraction of sp³-hybridized carbons (Fsp3) is 0.343. The van der Waals surface area contributed by atoms with Crippen LogP contribution in [0.1, 0.15) is 90.2 Å². The Bertz CT molecular complexity index is 3410. The van der Waals surface area contributed by atoms with Crippen molar-refractivity contribution in [2.45, 2.75) is 97.2 Å². The van der Waals surface area contributed by atoms with Gasteiger partial charge in [0.15, 0.2) is 0 Å². The zero-order chi connectivity index (χ0) is 62.7. The number of nitrogens with two attached hydrogens (primary N) is 1. The van der Waals surface area contributed by atoms with E-state index >= 15 is 0 Å². The molecule has 7 heterocycles. The van der Waals surface area contributed by atoms with Crippen molar-refractivity contribution in [3.8, 4) is 41.2 Å². The summed E-state index contributed by atoms with van der Waals surface area (Å²) >= 11 is 5.50. The number of rotatable bonds is 9. The number of ether oxygens (including phenoxy) is 4. The molecule has 4 atom stereocenters. The fourth-order valence-electron chi connectivity index (χ4n) is 8.98. The molecule has 6 N–H and O–H groups in total. The maximum atomic E-state index is 11.4. The van der Waals surface area contributed by atoms with Crippen LogP contribution in [0.2, 0.25) is 5.15 Å². The van der Waals surface area contributed by atoms with Crippen LogP contribution in [-0.4, -0.2) is 130 Å². The summed E-state index contributed by atoms with van der Waals surface area (Å²) in [6.45, 7) is 17.8. The van der Waals surface area contributed by atoms with Gasteiger partial charge in [0.1, 0.15) is 81.9 Å². The van der Waals surface area contributed by atoms with E-state index in [9.17, 15) is 14.7 Å². The molecule has 0 radical (unpaired) electrons. The van der Waals surface area contributed by atoms with Crippen molar-refractivity contribution in [1.29, 1.82) is 15.8 Å². The van der Waals surface area contributed by atoms with E-state index in [1.165, 1.54) is 11.0 Å². The Hall–Kier alpha value is -8.49. The molecule has 89 heavy (non-hydrogen) atoms. The molecule has 4 aliphatic rings. The quantitative estimate of drug-likeness (QED) is 0.0804. The van der Waals surface area contributed by atoms with Crippen LogP contribution < -0.4 is 64.6 Å². The van der Waals surface area contributed by atoms with Crippen molar-refractivity contribution in [2.75, 3.05) is 62.2 Å². The van der Waals surface area contributed by atoms with E-state index in [4.69, 9.17) is 57.2 Å². The van der Waals surface area contributed by atoms with Crippen LogP contribution in [0, 0.1) is 54.8 Å². The third kappa shape index (κ3) is 24.9. The number of halogens is 1. The van der Waals surface area contributed by atoms with Gasteiger partial charge in [0, 0.05) is 64.2 Å². The van der Waals surface area contributed by atoms with E-state index in [0.29, 0.717) is 64.2 Å². The van der Waals surface area contributed by atoms with Gasteiger partial charge in [-0.15, -0.1) is 0 Å². The van der Waals surface area contributed by atoms with Crippen molar-refractivity contribution < 1.29 is 73.8 Å². The minimum atomic E-state index is -0.467. The second kappa shape index (κ2) is 37.4. The van der Waals surface area contributed by atoms with Crippen molar-refractivity contribution >= 4 is 35.2 Å². The Balaban J connectivity index is 0.000000235. The van der Waals surface area contributed by atoms with Gasteiger partial charge in [-0.2, -0.15) is 15.8 Å². The minimum Gasteiger partial charge on any atom is -0.870 e. The number of benzene rings is 4. The molecule has 0 bridgehead atoms. The van der Waals surface area contributed by atoms with Gasteiger partial charge in [-0.3, -0.25) is 4.79 Å². The second-order valence-electron chi connectivity index (χ2n) is 21.8. The Morgan fingerprint density at radius 2 is 1.07 bits per heavy atom. The minimum absolute atomic E-state index is 0. The maximum Gasteiger partial charge on any atom is 1.00 e. The number of primary amides is 1. The largest absolute Gasteiger partial charge is 1.00 e. The molecule has 22 heteroatoms. The molecule has 4 fully saturated rings. The third-order valence-electron chi connectivity index (χ3n) is 13.5. The van der Waals surface area contributed by atoms with Gasteiger partial charge in [-0.05, 0) is 144 Å². The van der Waals surface area contributed by atoms with Crippen LogP contribution in [-0.2, 0) is 4.74 Å². The summed E-state index contributed by atoms with van der Waals surface area (Å²) in [5.74, 6) is 3.44. The smallest absolute Gasteiger partial charge is 0.870 e. The van der Waals surface area contributed by atoms with Crippen LogP contribution in [0.5, 0.6) is 23.0 Å². The van der Waals surface area contributed by atoms with Crippen LogP contribution >= 0.6 is 11.6 Å². The van der Waals surface area contributed by atoms with Crippen LogP contribution in [0.15, 0.2) is 152 Å². The first-order valence-corrected chi connectivity index (χ1v) is 29.0. The van der Waals surface area contributed by atoms with Crippen molar-refractivity contribution in [1.82, 2.24) is 25.2 Å². The first-order chi connectivity index (χ1) is 41.8. The number of hydrogen-bond acceptors (Lipinski definition) is 18. The molecule has 462 valence electrons. The fourth-order valence-corrected chi connectivity index (χ4v) is 9.09. The van der Waals surface area contributed by atoms with E-state index < -0.39 is 11.5 Å². The van der Waals surface area contributed by atoms with Crippen molar-refractivity contribution in [3.05, 3.63) is 196 Å². The number of amides is 2. The topological polar surface area (TPSA) is 299 Å². The monoisotopic (exact) mass is 1240 g/mol. The van der Waals surface area contributed by atoms with Crippen molar-refractivity contribution in [2.24, 2.45) is 5.73 Å². The molecule has 7 aromatic rings. The first kappa shape index (κ1) is 73.0. The Labute approximate surface area is 549 Å². The zero-order valence-electron chi connectivity index (χ0n) is 51.5. The number of carbonyl (C=O) groups is 2. The average molecular weight is 1240 g/mol. The van der Waals surface area contributed by atoms with Gasteiger partial charge in [0.2, 0.25) is 0 Å². The number of pyridine rings is 3. The second-order valence-corrected chi connectivity index (χ2v) is 22.2. The van der Waals surface area contributed by atoms with E-state index in [-0.39, 0.29) is 71.3 Å². The molecule has 4 aliphatic heterocycles. The number of β-amino-alcohol motifs (C(OH)–C–C–N with tert-alkyl or cyclic N) is 1. The molecular weight excluding hydrogens is 1160 g/mol. The number of nitrogens with one attached hydrogen (secondary N) is 1. The predicted octanol–water partition coefficient (Wildman–Crippen LogP) is 7.49. The molecule has 0 saturated carbocycles. The number of phenols is 1. The molecule has 0 unspecified atom stereocenters. The number of aliphatic hydroxyl groups is 1. The molecule has 0 spiro atoms. The number of aromatic hydroxyl groups is 1. The van der Waals surface area contributed by atoms with Crippen LogP contribution in [0.3, 0.4) is 0 Å². The SMILES string of the molecule is CC(C)(C)OC(=O)N1CC[C@H](O)C1.Cc1ccc(Cl)nc1.Cc1ccc(N2CC[C@@H](Oc3ccccc3C#N)C2)nc1.Cc1ccc(N2CC[C@@H](Oc3ccccc3C(N)=O)C2)nc1.N#Cc1ccccc1O.N#Cc1ccccc1O[C@@H]1CCNC1.[Na+].[OH-]. The number of para-hydroxylation sites is 4.